The van der Waals surface area contributed by atoms with Crippen LogP contribution >= 0.6 is 0 Å². The van der Waals surface area contributed by atoms with Crippen molar-refractivity contribution in [3.63, 3.8) is 0 Å². The van der Waals surface area contributed by atoms with E-state index in [0.29, 0.717) is 13.1 Å². The molecule has 1 N–H and O–H groups in total. The molecule has 2 rings (SSSR count). The minimum Gasteiger partial charge on any atom is -0.480 e. The first-order chi connectivity index (χ1) is 9.21. The number of carboxylic acids is 1. The molecule has 0 unspecified atom stereocenters. The van der Waals surface area contributed by atoms with Gasteiger partial charge in [0.1, 0.15) is 11.4 Å². The molecule has 0 bridgehead atoms. The van der Waals surface area contributed by atoms with Gasteiger partial charge in [0.05, 0.1) is 6.20 Å². The number of hydrogen-bond acceptors (Lipinski definition) is 4. The second kappa shape index (κ2) is 5.17. The Morgan fingerprint density at radius 2 is 2.20 bits per heavy atom. The zero-order valence-corrected chi connectivity index (χ0v) is 12.4. The molecule has 0 amide bonds. The van der Waals surface area contributed by atoms with Gasteiger partial charge < -0.3 is 5.11 Å². The molecule has 20 heavy (non-hydrogen) atoms. The predicted octanol–water partition coefficient (Wildman–Crippen LogP) is 0.778. The molecular formula is C12H19N3O4S. The standard InChI is InChI=1S/C12H19N3O4S/c1-12(2)4-3-5-15(9-12)20(18,19)10-6-13-14(7-10)8-11(16)17/h6-7H,3-5,8-9H2,1-2H3,(H,16,17). The van der Waals surface area contributed by atoms with Crippen LogP contribution in [0.5, 0.6) is 0 Å². The first-order valence-electron chi connectivity index (χ1n) is 6.45. The highest BCUT2D eigenvalue weighted by Crippen LogP contribution is 2.31. The van der Waals surface area contributed by atoms with Crippen LogP contribution in [0.15, 0.2) is 17.3 Å². The number of rotatable bonds is 4. The monoisotopic (exact) mass is 301 g/mol. The van der Waals surface area contributed by atoms with Crippen LogP contribution in [-0.4, -0.2) is 46.7 Å². The highest BCUT2D eigenvalue weighted by molar-refractivity contribution is 7.89. The van der Waals surface area contributed by atoms with Crippen LogP contribution in [0.3, 0.4) is 0 Å². The number of sulfonamides is 1. The van der Waals surface area contributed by atoms with Crippen LogP contribution < -0.4 is 0 Å². The number of nitrogens with zero attached hydrogens (tertiary/aromatic N) is 3. The summed E-state index contributed by atoms with van der Waals surface area (Å²) in [6, 6.07) is 0. The van der Waals surface area contributed by atoms with Crippen molar-refractivity contribution in [3.8, 4) is 0 Å². The summed E-state index contributed by atoms with van der Waals surface area (Å²) in [5, 5.41) is 12.5. The van der Waals surface area contributed by atoms with E-state index in [9.17, 15) is 13.2 Å². The topological polar surface area (TPSA) is 92.5 Å². The van der Waals surface area contributed by atoms with E-state index in [2.05, 4.69) is 5.10 Å². The summed E-state index contributed by atoms with van der Waals surface area (Å²) in [7, 11) is -3.59. The predicted molar refractivity (Wildman–Crippen MR) is 71.6 cm³/mol. The number of hydrogen-bond donors (Lipinski definition) is 1. The van der Waals surface area contributed by atoms with Crippen molar-refractivity contribution in [3.05, 3.63) is 12.4 Å². The van der Waals surface area contributed by atoms with Gasteiger partial charge in [0.25, 0.3) is 0 Å². The molecule has 1 aliphatic rings. The summed E-state index contributed by atoms with van der Waals surface area (Å²) < 4.78 is 27.6. The van der Waals surface area contributed by atoms with Crippen molar-refractivity contribution in [1.82, 2.24) is 14.1 Å². The Hall–Kier alpha value is -1.41. The van der Waals surface area contributed by atoms with Gasteiger partial charge in [-0.15, -0.1) is 0 Å². The Morgan fingerprint density at radius 3 is 2.80 bits per heavy atom. The quantitative estimate of drug-likeness (QED) is 0.887. The first kappa shape index (κ1) is 15.0. The molecular weight excluding hydrogens is 282 g/mol. The second-order valence-corrected chi connectivity index (χ2v) is 7.81. The second-order valence-electron chi connectivity index (χ2n) is 5.87. The van der Waals surface area contributed by atoms with Gasteiger partial charge >= 0.3 is 5.97 Å². The van der Waals surface area contributed by atoms with Gasteiger partial charge in [-0.05, 0) is 18.3 Å². The van der Waals surface area contributed by atoms with E-state index in [-0.39, 0.29) is 16.9 Å². The normalized spacial score (nSPS) is 19.9. The molecule has 0 saturated carbocycles. The molecule has 2 heterocycles. The van der Waals surface area contributed by atoms with Crippen molar-refractivity contribution < 1.29 is 18.3 Å². The van der Waals surface area contributed by atoms with Gasteiger partial charge in [0, 0.05) is 19.3 Å². The number of carboxylic acid groups (broad SMARTS) is 1. The minimum atomic E-state index is -3.59. The maximum absolute atomic E-state index is 12.5. The molecule has 0 spiro atoms. The van der Waals surface area contributed by atoms with Crippen molar-refractivity contribution in [2.75, 3.05) is 13.1 Å². The summed E-state index contributed by atoms with van der Waals surface area (Å²) in [4.78, 5) is 10.6. The maximum atomic E-state index is 12.5. The van der Waals surface area contributed by atoms with Gasteiger partial charge in [-0.25, -0.2) is 8.42 Å². The smallest absolute Gasteiger partial charge is 0.325 e. The third-order valence-corrected chi connectivity index (χ3v) is 5.21. The van der Waals surface area contributed by atoms with Gasteiger partial charge in [-0.3, -0.25) is 9.48 Å². The Balaban J connectivity index is 2.21. The zero-order chi connectivity index (χ0) is 15.0. The van der Waals surface area contributed by atoms with Crippen molar-refractivity contribution in [2.24, 2.45) is 5.41 Å². The summed E-state index contributed by atoms with van der Waals surface area (Å²) in [5.74, 6) is -1.06. The van der Waals surface area contributed by atoms with Gasteiger partial charge in [0.2, 0.25) is 10.0 Å². The largest absolute Gasteiger partial charge is 0.480 e. The van der Waals surface area contributed by atoms with Crippen LogP contribution in [0.2, 0.25) is 0 Å². The molecule has 8 heteroatoms. The van der Waals surface area contributed by atoms with E-state index >= 15 is 0 Å². The number of carbonyl (C=O) groups is 1. The van der Waals surface area contributed by atoms with Gasteiger partial charge in [-0.1, -0.05) is 13.8 Å². The molecule has 1 aromatic heterocycles. The highest BCUT2D eigenvalue weighted by Gasteiger charge is 2.34. The summed E-state index contributed by atoms with van der Waals surface area (Å²) >= 11 is 0. The highest BCUT2D eigenvalue weighted by atomic mass is 32.2. The molecule has 7 nitrogen and oxygen atoms in total. The Bertz CT molecular complexity index is 606. The number of aromatic nitrogens is 2. The molecule has 1 aromatic rings. The average Bonchev–Trinajstić information content (AvgIpc) is 2.75. The van der Waals surface area contributed by atoms with Crippen molar-refractivity contribution in [2.45, 2.75) is 38.1 Å². The van der Waals surface area contributed by atoms with Crippen LogP contribution in [0, 0.1) is 5.41 Å². The lowest BCUT2D eigenvalue weighted by molar-refractivity contribution is -0.137. The maximum Gasteiger partial charge on any atom is 0.325 e. The van der Waals surface area contributed by atoms with Gasteiger partial charge in [0.15, 0.2) is 0 Å². The Labute approximate surface area is 118 Å². The zero-order valence-electron chi connectivity index (χ0n) is 11.6. The summed E-state index contributed by atoms with van der Waals surface area (Å²) in [6.07, 6.45) is 4.30. The fourth-order valence-corrected chi connectivity index (χ4v) is 4.05. The third-order valence-electron chi connectivity index (χ3n) is 3.41. The molecule has 1 aliphatic heterocycles. The van der Waals surface area contributed by atoms with Crippen molar-refractivity contribution >= 4 is 16.0 Å². The van der Waals surface area contributed by atoms with Gasteiger partial charge in [-0.2, -0.15) is 9.40 Å². The van der Waals surface area contributed by atoms with E-state index < -0.39 is 16.0 Å². The lowest BCUT2D eigenvalue weighted by atomic mass is 9.85. The van der Waals surface area contributed by atoms with Crippen LogP contribution in [-0.2, 0) is 21.4 Å². The Kier molecular flexibility index (Phi) is 3.88. The fraction of sp³-hybridized carbons (Fsp3) is 0.667. The summed E-state index contributed by atoms with van der Waals surface area (Å²) in [6.45, 7) is 4.71. The Morgan fingerprint density at radius 1 is 1.50 bits per heavy atom. The molecule has 1 saturated heterocycles. The fourth-order valence-electron chi connectivity index (χ4n) is 2.43. The molecule has 1 fully saturated rings. The molecule has 0 aromatic carbocycles. The molecule has 112 valence electrons. The minimum absolute atomic E-state index is 0.0393. The molecule has 0 radical (unpaired) electrons. The summed E-state index contributed by atoms with van der Waals surface area (Å²) in [5.41, 5.74) is -0.0393. The lowest BCUT2D eigenvalue weighted by Gasteiger charge is -2.36. The molecule has 0 aliphatic carbocycles. The van der Waals surface area contributed by atoms with Crippen LogP contribution in [0.25, 0.3) is 0 Å². The van der Waals surface area contributed by atoms with Crippen LogP contribution in [0.4, 0.5) is 0 Å². The van der Waals surface area contributed by atoms with E-state index in [1.165, 1.54) is 16.7 Å². The first-order valence-corrected chi connectivity index (χ1v) is 7.89. The van der Waals surface area contributed by atoms with E-state index in [4.69, 9.17) is 5.11 Å². The number of aliphatic carboxylic acids is 1. The molecule has 0 atom stereocenters. The van der Waals surface area contributed by atoms with Crippen molar-refractivity contribution in [1.29, 1.82) is 0 Å². The average molecular weight is 301 g/mol. The van der Waals surface area contributed by atoms with E-state index in [1.807, 2.05) is 13.8 Å². The third kappa shape index (κ3) is 3.18. The van der Waals surface area contributed by atoms with Crippen LogP contribution in [0.1, 0.15) is 26.7 Å². The number of piperidine rings is 1. The van der Waals surface area contributed by atoms with E-state index in [1.54, 1.807) is 0 Å². The SMILES string of the molecule is CC1(C)CCCN(S(=O)(=O)c2cnn(CC(=O)O)c2)C1. The van der Waals surface area contributed by atoms with E-state index in [0.717, 1.165) is 17.5 Å². The lowest BCUT2D eigenvalue weighted by Crippen LogP contribution is -2.43.